The van der Waals surface area contributed by atoms with Crippen molar-refractivity contribution in [3.63, 3.8) is 0 Å². The second kappa shape index (κ2) is 11.5. The molecule has 14 heteroatoms. The first kappa shape index (κ1) is 28.7. The van der Waals surface area contributed by atoms with Crippen molar-refractivity contribution in [3.05, 3.63) is 58.4 Å². The Morgan fingerprint density at radius 3 is 2.41 bits per heavy atom. The molecule has 1 aliphatic heterocycles. The molecule has 39 heavy (non-hydrogen) atoms. The molecule has 0 bridgehead atoms. The molecule has 1 saturated heterocycles. The summed E-state index contributed by atoms with van der Waals surface area (Å²) in [5.41, 5.74) is -0.156. The van der Waals surface area contributed by atoms with E-state index in [1.807, 2.05) is 6.92 Å². The van der Waals surface area contributed by atoms with Crippen LogP contribution in [0.2, 0.25) is 0 Å². The Balaban J connectivity index is 1.50. The minimum Gasteiger partial charge on any atom is -0.490 e. The first-order valence-corrected chi connectivity index (χ1v) is 12.8. The number of halogens is 6. The Morgan fingerprint density at radius 1 is 1.13 bits per heavy atom. The fourth-order valence-electron chi connectivity index (χ4n) is 4.12. The number of piperidine rings is 1. The number of amides is 1. The molecule has 1 fully saturated rings. The number of hydrogen-bond donors (Lipinski definition) is 1. The minimum absolute atomic E-state index is 0.144. The lowest BCUT2D eigenvalue weighted by molar-refractivity contribution is -0.149. The molecule has 7 nitrogen and oxygen atoms in total. The van der Waals surface area contributed by atoms with Gasteiger partial charge in [-0.05, 0) is 57.0 Å². The number of carbonyl (C=O) groups is 1. The third-order valence-corrected chi connectivity index (χ3v) is 7.01. The van der Waals surface area contributed by atoms with Gasteiger partial charge in [-0.1, -0.05) is 0 Å². The van der Waals surface area contributed by atoms with Crippen LogP contribution in [0.3, 0.4) is 0 Å². The largest absolute Gasteiger partial charge is 0.490 e. The van der Waals surface area contributed by atoms with E-state index < -0.39 is 36.5 Å². The molecule has 0 radical (unpaired) electrons. The van der Waals surface area contributed by atoms with E-state index in [0.717, 1.165) is 17.0 Å². The first-order chi connectivity index (χ1) is 18.3. The number of aryl methyl sites for hydroxylation is 1. The Bertz CT molecular complexity index is 1290. The standard InChI is InChI=1S/C25H25F6N5O2S/c1-14-12-32-23(39-14)17-9-16(22(37)33-15(2)20-3-4-21(35-34-20)25(29,30)31)10-19(11-17)38-18-5-7-36(8-6-18)13-24(26,27)28/h3-4,9-12,15,18H,5-8,13H2,1-2H3,(H,33,37). The fourth-order valence-corrected chi connectivity index (χ4v) is 4.87. The molecule has 3 heterocycles. The number of aromatic nitrogens is 3. The van der Waals surface area contributed by atoms with E-state index in [4.69, 9.17) is 4.74 Å². The topological polar surface area (TPSA) is 80.2 Å². The van der Waals surface area contributed by atoms with Gasteiger partial charge in [0.1, 0.15) is 16.9 Å². The van der Waals surface area contributed by atoms with Crippen LogP contribution in [0.5, 0.6) is 5.75 Å². The highest BCUT2D eigenvalue weighted by atomic mass is 32.1. The van der Waals surface area contributed by atoms with Crippen LogP contribution in [0.15, 0.2) is 36.5 Å². The quantitative estimate of drug-likeness (QED) is 0.359. The zero-order chi connectivity index (χ0) is 28.4. The summed E-state index contributed by atoms with van der Waals surface area (Å²) in [6.45, 7) is 2.94. The maximum Gasteiger partial charge on any atom is 0.435 e. The molecule has 4 rings (SSSR count). The number of carbonyl (C=O) groups excluding carboxylic acids is 1. The molecule has 1 N–H and O–H groups in total. The number of rotatable bonds is 7. The van der Waals surface area contributed by atoms with E-state index in [1.165, 1.54) is 22.3 Å². The van der Waals surface area contributed by atoms with Crippen LogP contribution in [-0.2, 0) is 6.18 Å². The van der Waals surface area contributed by atoms with Gasteiger partial charge in [-0.2, -0.15) is 31.4 Å². The number of benzene rings is 1. The maximum atomic E-state index is 13.1. The lowest BCUT2D eigenvalue weighted by Gasteiger charge is -2.32. The van der Waals surface area contributed by atoms with Crippen LogP contribution >= 0.6 is 11.3 Å². The van der Waals surface area contributed by atoms with Crippen molar-refractivity contribution in [1.82, 2.24) is 25.4 Å². The maximum absolute atomic E-state index is 13.1. The van der Waals surface area contributed by atoms with Crippen molar-refractivity contribution in [1.29, 1.82) is 0 Å². The molecule has 1 aromatic carbocycles. The summed E-state index contributed by atoms with van der Waals surface area (Å²) in [4.78, 5) is 19.8. The van der Waals surface area contributed by atoms with Crippen LogP contribution < -0.4 is 10.1 Å². The predicted octanol–water partition coefficient (Wildman–Crippen LogP) is 5.82. The molecular formula is C25H25F6N5O2S. The average Bonchev–Trinajstić information content (AvgIpc) is 3.30. The second-order valence-electron chi connectivity index (χ2n) is 9.27. The van der Waals surface area contributed by atoms with Crippen molar-refractivity contribution < 1.29 is 35.9 Å². The van der Waals surface area contributed by atoms with Crippen molar-refractivity contribution in [2.24, 2.45) is 0 Å². The molecular weight excluding hydrogens is 548 g/mol. The summed E-state index contributed by atoms with van der Waals surface area (Å²) < 4.78 is 82.6. The van der Waals surface area contributed by atoms with Crippen molar-refractivity contribution >= 4 is 17.2 Å². The summed E-state index contributed by atoms with van der Waals surface area (Å²) in [5.74, 6) is -0.161. The van der Waals surface area contributed by atoms with Gasteiger partial charge >= 0.3 is 12.4 Å². The van der Waals surface area contributed by atoms with Gasteiger partial charge in [-0.25, -0.2) is 4.98 Å². The van der Waals surface area contributed by atoms with Gasteiger partial charge < -0.3 is 10.1 Å². The number of ether oxygens (including phenoxy) is 1. The number of nitrogens with one attached hydrogen (secondary N) is 1. The van der Waals surface area contributed by atoms with Crippen molar-refractivity contribution in [2.75, 3.05) is 19.6 Å². The van der Waals surface area contributed by atoms with E-state index in [-0.39, 0.29) is 30.5 Å². The zero-order valence-corrected chi connectivity index (χ0v) is 21.8. The van der Waals surface area contributed by atoms with Gasteiger partial charge in [-0.3, -0.25) is 9.69 Å². The van der Waals surface area contributed by atoms with E-state index in [1.54, 1.807) is 25.3 Å². The van der Waals surface area contributed by atoms with Crippen LogP contribution in [0, 0.1) is 6.92 Å². The van der Waals surface area contributed by atoms with E-state index in [9.17, 15) is 31.1 Å². The number of thiazole rings is 1. The van der Waals surface area contributed by atoms with Crippen LogP contribution in [0.4, 0.5) is 26.3 Å². The Hall–Kier alpha value is -3.26. The Morgan fingerprint density at radius 2 is 1.85 bits per heavy atom. The molecule has 1 amide bonds. The summed E-state index contributed by atoms with van der Waals surface area (Å²) >= 11 is 1.41. The second-order valence-corrected chi connectivity index (χ2v) is 10.5. The van der Waals surface area contributed by atoms with Crippen LogP contribution in [0.1, 0.15) is 52.4 Å². The summed E-state index contributed by atoms with van der Waals surface area (Å²) in [6, 6.07) is 6.06. The van der Waals surface area contributed by atoms with E-state index >= 15 is 0 Å². The monoisotopic (exact) mass is 573 g/mol. The third kappa shape index (κ3) is 7.88. The lowest BCUT2D eigenvalue weighted by atomic mass is 10.1. The van der Waals surface area contributed by atoms with Crippen molar-refractivity contribution in [2.45, 2.75) is 51.2 Å². The highest BCUT2D eigenvalue weighted by Gasteiger charge is 2.34. The van der Waals surface area contributed by atoms with Gasteiger partial charge in [0.05, 0.1) is 18.3 Å². The molecule has 2 aromatic heterocycles. The smallest absolute Gasteiger partial charge is 0.435 e. The van der Waals surface area contributed by atoms with Crippen molar-refractivity contribution in [3.8, 4) is 16.3 Å². The molecule has 210 valence electrons. The van der Waals surface area contributed by atoms with Gasteiger partial charge in [0.2, 0.25) is 0 Å². The zero-order valence-electron chi connectivity index (χ0n) is 20.9. The number of alkyl halides is 6. The van der Waals surface area contributed by atoms with Crippen LogP contribution in [-0.4, -0.2) is 57.9 Å². The average molecular weight is 574 g/mol. The minimum atomic E-state index is -4.63. The van der Waals surface area contributed by atoms with Gasteiger partial charge in [-0.15, -0.1) is 16.4 Å². The normalized spacial score (nSPS) is 16.2. The summed E-state index contributed by atoms with van der Waals surface area (Å²) in [5, 5.41) is 10.1. The molecule has 3 aromatic rings. The van der Waals surface area contributed by atoms with Gasteiger partial charge in [0.15, 0.2) is 5.69 Å². The van der Waals surface area contributed by atoms with Gasteiger partial charge in [0.25, 0.3) is 5.91 Å². The number of likely N-dealkylation sites (tertiary alicyclic amines) is 1. The lowest BCUT2D eigenvalue weighted by Crippen LogP contribution is -2.42. The molecule has 1 atom stereocenters. The third-order valence-electron chi connectivity index (χ3n) is 6.04. The van der Waals surface area contributed by atoms with Crippen LogP contribution in [0.25, 0.3) is 10.6 Å². The fraction of sp³-hybridized carbons (Fsp3) is 0.440. The molecule has 0 aliphatic carbocycles. The van der Waals surface area contributed by atoms with E-state index in [0.29, 0.717) is 29.2 Å². The summed E-state index contributed by atoms with van der Waals surface area (Å²) in [6.07, 6.45) is -6.75. The Kier molecular flexibility index (Phi) is 8.45. The highest BCUT2D eigenvalue weighted by molar-refractivity contribution is 7.14. The Labute approximate surface area is 224 Å². The predicted molar refractivity (Wildman–Crippen MR) is 131 cm³/mol. The molecule has 0 saturated carbocycles. The van der Waals surface area contributed by atoms with E-state index in [2.05, 4.69) is 20.5 Å². The summed E-state index contributed by atoms with van der Waals surface area (Å²) in [7, 11) is 0. The molecule has 1 aliphatic rings. The number of hydrogen-bond acceptors (Lipinski definition) is 7. The van der Waals surface area contributed by atoms with Gasteiger partial charge in [0, 0.05) is 35.3 Å². The number of nitrogens with zero attached hydrogens (tertiary/aromatic N) is 4. The first-order valence-electron chi connectivity index (χ1n) is 12.0. The highest BCUT2D eigenvalue weighted by Crippen LogP contribution is 2.32. The SMILES string of the molecule is Cc1cnc(-c2cc(OC3CCN(CC(F)(F)F)CC3)cc(C(=O)NC(C)c3ccc(C(F)(F)F)nn3)c2)s1. The molecule has 0 spiro atoms. The molecule has 1 unspecified atom stereocenters.